The second-order valence-corrected chi connectivity index (χ2v) is 6.53. The van der Waals surface area contributed by atoms with Gasteiger partial charge in [-0.05, 0) is 19.8 Å². The number of hydrogen-bond acceptors (Lipinski definition) is 7. The van der Waals surface area contributed by atoms with E-state index in [2.05, 4.69) is 15.5 Å². The van der Waals surface area contributed by atoms with Crippen molar-refractivity contribution in [2.75, 3.05) is 19.6 Å². The van der Waals surface area contributed by atoms with Crippen LogP contribution in [0.1, 0.15) is 38.6 Å². The highest BCUT2D eigenvalue weighted by Gasteiger charge is 2.59. The first kappa shape index (κ1) is 17.3. The van der Waals surface area contributed by atoms with Crippen molar-refractivity contribution in [1.29, 1.82) is 0 Å². The van der Waals surface area contributed by atoms with E-state index in [1.54, 1.807) is 4.90 Å². The molecule has 0 radical (unpaired) electrons. The lowest BCUT2D eigenvalue weighted by Crippen LogP contribution is -2.73. The van der Waals surface area contributed by atoms with Gasteiger partial charge in [0.05, 0.1) is 19.2 Å². The predicted octanol–water partition coefficient (Wildman–Crippen LogP) is -1.17. The van der Waals surface area contributed by atoms with E-state index in [4.69, 9.17) is 4.52 Å². The first-order valence-electron chi connectivity index (χ1n) is 8.17. The van der Waals surface area contributed by atoms with Crippen LogP contribution in [0.25, 0.3) is 0 Å². The van der Waals surface area contributed by atoms with Crippen LogP contribution in [0.15, 0.2) is 10.9 Å². The number of hydrogen-bond donors (Lipinski definition) is 2. The standard InChI is InChI=1S/C15H21N5O5/c1-9(21)12(13-16-8-17-25-13)18-11(23)6-19-7-15(14(19)24)4-3-5-20(15)10(2)22/h8-9,12,21H,3-7H2,1-2H3,(H,18,23)/t9-,12+,15?/m1/s1. The molecular formula is C15H21N5O5. The van der Waals surface area contributed by atoms with Crippen molar-refractivity contribution < 1.29 is 24.0 Å². The molecule has 3 rings (SSSR count). The molecule has 1 unspecified atom stereocenters. The third-order valence-electron chi connectivity index (χ3n) is 4.78. The third kappa shape index (κ3) is 2.97. The van der Waals surface area contributed by atoms with Crippen molar-refractivity contribution in [1.82, 2.24) is 25.3 Å². The summed E-state index contributed by atoms with van der Waals surface area (Å²) in [4.78, 5) is 43.3. The summed E-state index contributed by atoms with van der Waals surface area (Å²) in [6.45, 7) is 3.71. The molecule has 1 aromatic rings. The van der Waals surface area contributed by atoms with E-state index in [1.165, 1.54) is 25.1 Å². The molecule has 2 fully saturated rings. The van der Waals surface area contributed by atoms with Crippen molar-refractivity contribution >= 4 is 17.7 Å². The summed E-state index contributed by atoms with van der Waals surface area (Å²) in [6.07, 6.45) is 1.65. The van der Waals surface area contributed by atoms with Gasteiger partial charge < -0.3 is 24.7 Å². The van der Waals surface area contributed by atoms with Gasteiger partial charge in [0.25, 0.3) is 11.8 Å². The molecular weight excluding hydrogens is 330 g/mol. The Balaban J connectivity index is 1.60. The largest absolute Gasteiger partial charge is 0.391 e. The molecule has 3 atom stereocenters. The van der Waals surface area contributed by atoms with Gasteiger partial charge >= 0.3 is 0 Å². The van der Waals surface area contributed by atoms with E-state index in [0.717, 1.165) is 6.42 Å². The minimum absolute atomic E-state index is 0.0910. The number of carbonyl (C=O) groups is 3. The van der Waals surface area contributed by atoms with Crippen LogP contribution in [0.5, 0.6) is 0 Å². The summed E-state index contributed by atoms with van der Waals surface area (Å²) in [5.74, 6) is -0.685. The summed E-state index contributed by atoms with van der Waals surface area (Å²) in [6, 6.07) is -0.847. The summed E-state index contributed by atoms with van der Waals surface area (Å²) in [5, 5.41) is 15.8. The normalized spacial score (nSPS) is 25.0. The number of amides is 3. The molecule has 10 nitrogen and oxygen atoms in total. The van der Waals surface area contributed by atoms with Crippen molar-refractivity contribution in [3.8, 4) is 0 Å². The molecule has 136 valence electrons. The van der Waals surface area contributed by atoms with Gasteiger partial charge in [0.1, 0.15) is 11.6 Å². The maximum Gasteiger partial charge on any atom is 0.251 e. The fraction of sp³-hybridized carbons (Fsp3) is 0.667. The van der Waals surface area contributed by atoms with E-state index in [-0.39, 0.29) is 24.2 Å². The van der Waals surface area contributed by atoms with Gasteiger partial charge in [-0.2, -0.15) is 4.98 Å². The lowest BCUT2D eigenvalue weighted by atomic mass is 9.85. The van der Waals surface area contributed by atoms with E-state index < -0.39 is 23.6 Å². The monoisotopic (exact) mass is 351 g/mol. The van der Waals surface area contributed by atoms with Crippen LogP contribution < -0.4 is 5.32 Å². The highest BCUT2D eigenvalue weighted by Crippen LogP contribution is 2.38. The zero-order valence-electron chi connectivity index (χ0n) is 14.1. The van der Waals surface area contributed by atoms with Gasteiger partial charge in [-0.3, -0.25) is 14.4 Å². The number of β-lactam (4-membered cyclic amide) rings is 1. The number of nitrogens with zero attached hydrogens (tertiary/aromatic N) is 4. The van der Waals surface area contributed by atoms with Gasteiger partial charge in [-0.25, -0.2) is 0 Å². The number of rotatable bonds is 5. The van der Waals surface area contributed by atoms with Crippen molar-refractivity contribution in [3.63, 3.8) is 0 Å². The Morgan fingerprint density at radius 1 is 1.52 bits per heavy atom. The number of aliphatic hydroxyl groups is 1. The smallest absolute Gasteiger partial charge is 0.251 e. The molecule has 0 aromatic carbocycles. The Kier molecular flexibility index (Phi) is 4.46. The molecule has 3 amide bonds. The molecule has 0 bridgehead atoms. The minimum atomic E-state index is -0.939. The quantitative estimate of drug-likeness (QED) is 0.640. The molecule has 3 heterocycles. The average molecular weight is 351 g/mol. The van der Waals surface area contributed by atoms with Gasteiger partial charge in [-0.1, -0.05) is 5.16 Å². The lowest BCUT2D eigenvalue weighted by Gasteiger charge is -2.50. The van der Waals surface area contributed by atoms with E-state index in [0.29, 0.717) is 19.5 Å². The van der Waals surface area contributed by atoms with Crippen LogP contribution in [0.3, 0.4) is 0 Å². The Morgan fingerprint density at radius 2 is 2.28 bits per heavy atom. The highest BCUT2D eigenvalue weighted by atomic mass is 16.5. The Hall–Kier alpha value is -2.49. The van der Waals surface area contributed by atoms with E-state index in [1.807, 2.05) is 0 Å². The fourth-order valence-corrected chi connectivity index (χ4v) is 3.61. The van der Waals surface area contributed by atoms with E-state index >= 15 is 0 Å². The summed E-state index contributed by atoms with van der Waals surface area (Å²) in [7, 11) is 0. The molecule has 2 N–H and O–H groups in total. The zero-order valence-corrected chi connectivity index (χ0v) is 14.1. The Morgan fingerprint density at radius 3 is 2.84 bits per heavy atom. The molecule has 1 aromatic heterocycles. The van der Waals surface area contributed by atoms with Crippen molar-refractivity contribution in [2.45, 2.75) is 44.4 Å². The van der Waals surface area contributed by atoms with Gasteiger partial charge in [0, 0.05) is 13.5 Å². The second kappa shape index (κ2) is 6.43. The fourth-order valence-electron chi connectivity index (χ4n) is 3.61. The predicted molar refractivity (Wildman–Crippen MR) is 82.8 cm³/mol. The molecule has 0 saturated carbocycles. The van der Waals surface area contributed by atoms with Crippen LogP contribution in [-0.2, 0) is 14.4 Å². The number of likely N-dealkylation sites (tertiary alicyclic amines) is 2. The Labute approximate surface area is 144 Å². The second-order valence-electron chi connectivity index (χ2n) is 6.53. The Bertz CT molecular complexity index is 676. The summed E-state index contributed by atoms with van der Waals surface area (Å²) < 4.78 is 4.88. The van der Waals surface area contributed by atoms with Crippen molar-refractivity contribution in [2.24, 2.45) is 0 Å². The van der Waals surface area contributed by atoms with Crippen LogP contribution in [0, 0.1) is 0 Å². The number of nitrogens with one attached hydrogen (secondary N) is 1. The highest BCUT2D eigenvalue weighted by molar-refractivity contribution is 5.99. The SMILES string of the molecule is CC(=O)N1CCCC12CN(CC(=O)N[C@H](c1ncno1)[C@@H](C)O)C2=O. The van der Waals surface area contributed by atoms with Gasteiger partial charge in [-0.15, -0.1) is 0 Å². The van der Waals surface area contributed by atoms with Gasteiger partial charge in [0.15, 0.2) is 6.33 Å². The third-order valence-corrected chi connectivity index (χ3v) is 4.78. The number of carbonyl (C=O) groups excluding carboxylic acids is 3. The van der Waals surface area contributed by atoms with Crippen molar-refractivity contribution in [3.05, 3.63) is 12.2 Å². The zero-order chi connectivity index (χ0) is 18.2. The molecule has 25 heavy (non-hydrogen) atoms. The molecule has 0 aliphatic carbocycles. The molecule has 1 spiro atoms. The molecule has 2 aliphatic rings. The lowest BCUT2D eigenvalue weighted by molar-refractivity contribution is -0.168. The molecule has 10 heteroatoms. The minimum Gasteiger partial charge on any atom is -0.391 e. The van der Waals surface area contributed by atoms with Crippen LogP contribution in [0.4, 0.5) is 0 Å². The molecule has 2 aliphatic heterocycles. The van der Waals surface area contributed by atoms with Crippen LogP contribution >= 0.6 is 0 Å². The van der Waals surface area contributed by atoms with E-state index in [9.17, 15) is 19.5 Å². The summed E-state index contributed by atoms with van der Waals surface area (Å²) in [5.41, 5.74) is -0.776. The first-order chi connectivity index (χ1) is 11.8. The molecule has 2 saturated heterocycles. The number of aliphatic hydroxyl groups excluding tert-OH is 1. The summed E-state index contributed by atoms with van der Waals surface area (Å²) >= 11 is 0. The van der Waals surface area contributed by atoms with Crippen LogP contribution in [-0.4, -0.2) is 74.0 Å². The number of aromatic nitrogens is 2. The maximum atomic E-state index is 12.5. The average Bonchev–Trinajstić information content (AvgIpc) is 3.22. The topological polar surface area (TPSA) is 129 Å². The van der Waals surface area contributed by atoms with Gasteiger partial charge in [0.2, 0.25) is 11.8 Å². The first-order valence-corrected chi connectivity index (χ1v) is 8.17. The maximum absolute atomic E-state index is 12.5. The van der Waals surface area contributed by atoms with Crippen LogP contribution in [0.2, 0.25) is 0 Å².